The molecule has 0 aliphatic carbocycles. The number of amides is 14. The molecule has 14 amide bonds. The number of likely N-dealkylation sites (N-methyl/N-ethyl adjacent to an activating group) is 4. The zero-order valence-electron chi connectivity index (χ0n) is 75.6. The SMILES string of the molecule is CCCC[C@H]1C(=O)N(C)[C@@H](CCCC)C(=O)C[C@@H](CCCNC(=N)N)C(=O)N[C@H](C(=O)CCC(N)=O)CSCC(=O)N[C@@H](Cc2ccccc2)C(=O)N(C)CC(=O)N[C@@H](CC(N)=O)C(=O)N2CCC[C@H]2C(=O)C[C@@H](Cc2cnc[nH]2)C(=O)N[C@@H](CC(C)C)C(=O)N(C)CC(=O)N[C@@H](Cc2c[nH]c3ccccc23)C(=O)N[C@@H](CO)C(=O)N[C@@H](Cc2c[nH]c3ccccc23)C(=O)N1C. The van der Waals surface area contributed by atoms with Crippen LogP contribution >= 0.6 is 11.8 Å². The van der Waals surface area contributed by atoms with E-state index < -0.39 is 230 Å². The quantitative estimate of drug-likeness (QED) is 0.0193. The predicted molar refractivity (Wildman–Crippen MR) is 489 cm³/mol. The van der Waals surface area contributed by atoms with Gasteiger partial charge in [0.15, 0.2) is 23.3 Å². The molecule has 19 N–H and O–H groups in total. The number of para-hydroxylation sites is 2. The van der Waals surface area contributed by atoms with E-state index in [0.717, 1.165) is 21.6 Å². The van der Waals surface area contributed by atoms with Crippen LogP contribution in [0.5, 0.6) is 0 Å². The maximum atomic E-state index is 15.7. The Morgan fingerprint density at radius 1 is 0.550 bits per heavy atom. The smallest absolute Gasteiger partial charge is 0.246 e. The molecule has 8 rings (SSSR count). The van der Waals surface area contributed by atoms with Gasteiger partial charge in [-0.25, -0.2) is 4.98 Å². The molecule has 39 nitrogen and oxygen atoms in total. The molecule has 5 heterocycles. The van der Waals surface area contributed by atoms with Gasteiger partial charge in [0.05, 0.1) is 62.2 Å². The fourth-order valence-electron chi connectivity index (χ4n) is 16.4. The first-order valence-corrected chi connectivity index (χ1v) is 45.6. The molecule has 2 fully saturated rings. The van der Waals surface area contributed by atoms with E-state index in [1.165, 1.54) is 55.4 Å². The number of Topliss-reactive ketones (excluding diaryl/α,β-unsaturated/α-hetero) is 3. The van der Waals surface area contributed by atoms with Crippen LogP contribution in [0.25, 0.3) is 21.8 Å². The Morgan fingerprint density at radius 3 is 1.68 bits per heavy atom. The van der Waals surface area contributed by atoms with E-state index in [4.69, 9.17) is 22.6 Å². The number of aliphatic hydroxyl groups excluding tert-OH is 1. The third kappa shape index (κ3) is 30.9. The number of carbonyl (C=O) groups is 17. The lowest BCUT2D eigenvalue weighted by Crippen LogP contribution is -2.60. The number of guanidine groups is 1. The summed E-state index contributed by atoms with van der Waals surface area (Å²) < 4.78 is 0. The number of aliphatic hydroxyl groups is 1. The van der Waals surface area contributed by atoms with Crippen LogP contribution in [0.4, 0.5) is 0 Å². The summed E-state index contributed by atoms with van der Waals surface area (Å²) in [6, 6.07) is 8.18. The second-order valence-electron chi connectivity index (χ2n) is 34.1. The molecule has 710 valence electrons. The molecule has 2 aliphatic rings. The molecule has 12 atom stereocenters. The van der Waals surface area contributed by atoms with Crippen LogP contribution in [0.3, 0.4) is 0 Å². The van der Waals surface area contributed by atoms with Crippen LogP contribution in [-0.2, 0) is 107 Å². The highest BCUT2D eigenvalue weighted by Gasteiger charge is 2.44. The van der Waals surface area contributed by atoms with E-state index in [0.29, 0.717) is 69.9 Å². The van der Waals surface area contributed by atoms with Crippen molar-refractivity contribution in [3.05, 3.63) is 126 Å². The number of nitrogens with one attached hydrogen (secondary N) is 12. The summed E-state index contributed by atoms with van der Waals surface area (Å²) in [5.41, 5.74) is 20.2. The van der Waals surface area contributed by atoms with Gasteiger partial charge in [-0.3, -0.25) is 86.9 Å². The van der Waals surface area contributed by atoms with E-state index in [9.17, 15) is 57.8 Å². The topological polar surface area (TPSA) is 585 Å². The van der Waals surface area contributed by atoms with Crippen LogP contribution < -0.4 is 59.7 Å². The summed E-state index contributed by atoms with van der Waals surface area (Å²) in [4.78, 5) is 267. The van der Waals surface area contributed by atoms with Crippen LogP contribution in [0, 0.1) is 23.2 Å². The summed E-state index contributed by atoms with van der Waals surface area (Å²) >= 11 is 0.859. The maximum Gasteiger partial charge on any atom is 0.246 e. The van der Waals surface area contributed by atoms with Gasteiger partial charge in [-0.1, -0.05) is 120 Å². The summed E-state index contributed by atoms with van der Waals surface area (Å²) in [6.45, 7) is 4.78. The first kappa shape index (κ1) is 103. The van der Waals surface area contributed by atoms with E-state index in [1.54, 1.807) is 105 Å². The van der Waals surface area contributed by atoms with Gasteiger partial charge in [-0.2, -0.15) is 0 Å². The molecule has 0 saturated carbocycles. The zero-order valence-corrected chi connectivity index (χ0v) is 76.4. The first-order chi connectivity index (χ1) is 62.5. The van der Waals surface area contributed by atoms with E-state index in [-0.39, 0.29) is 101 Å². The third-order valence-corrected chi connectivity index (χ3v) is 24.5. The number of unbranched alkanes of at least 4 members (excludes halogenated alkanes) is 2. The first-order valence-electron chi connectivity index (χ1n) is 44.4. The monoisotopic (exact) mass is 1830 g/mol. The number of primary amides is 2. The minimum atomic E-state index is -1.83. The highest BCUT2D eigenvalue weighted by molar-refractivity contribution is 8.00. The largest absolute Gasteiger partial charge is 0.394 e. The molecule has 0 unspecified atom stereocenters. The van der Waals surface area contributed by atoms with Crippen molar-refractivity contribution < 1.29 is 86.6 Å². The van der Waals surface area contributed by atoms with Crippen LogP contribution in [0.1, 0.15) is 153 Å². The van der Waals surface area contributed by atoms with E-state index >= 15 is 28.8 Å². The zero-order chi connectivity index (χ0) is 95.7. The number of nitrogens with zero attached hydrogens (tertiary/aromatic N) is 6. The average molecular weight is 1840 g/mol. The number of hydrogen-bond acceptors (Lipinski definition) is 21. The van der Waals surface area contributed by atoms with Crippen molar-refractivity contribution in [3.8, 4) is 0 Å². The van der Waals surface area contributed by atoms with E-state index in [2.05, 4.69) is 62.5 Å². The standard InChI is InChI=1S/C91H127N21O18S/c1-9-11-29-71-75(115)41-55(24-20-34-97-91(94)95)82(122)107-70(74(114)32-33-77(92)117)50-131-51-81(121)103-66(37-54-22-14-13-15-23-54)87(127)109(6)48-80(120)102-68(43-78(93)118)89(129)112-35-21-31-72(112)76(116)42-56(38-59-46-96-52-100-59)83(123)104-65(36-53(3)4)86(126)108(5)47-79(119)101-64(39-57-44-98-62-27-18-16-25-60(57)62)84(124)106-69(49-113)85(125)105-67(40-58-45-99-63-28-19-17-26-61(58)63)88(128)111(8)73(30-12-10-2)90(130)110(71)7/h13-19,22-23,25-28,44-46,52-53,55-56,64-73,98-99,113H,9-12,20-21,24,29-43,47-51H2,1-8H3,(H2,92,117)(H2,93,118)(H,96,100)(H,101,119)(H,102,120)(H,103,121)(H,104,123)(H,105,125)(H,106,124)(H,107,122)(H4,94,95,97)/t55-,56-,64+,65+,66+,67+,68+,69+,70+,71+,72+,73+/m1/s1. The van der Waals surface area contributed by atoms with Crippen molar-refractivity contribution in [3.63, 3.8) is 0 Å². The summed E-state index contributed by atoms with van der Waals surface area (Å²) in [5.74, 6) is -17.9. The third-order valence-electron chi connectivity index (χ3n) is 23.5. The molecule has 3 aromatic heterocycles. The minimum absolute atomic E-state index is 0.00770. The van der Waals surface area contributed by atoms with Gasteiger partial charge in [0.2, 0.25) is 82.7 Å². The summed E-state index contributed by atoms with van der Waals surface area (Å²) in [7, 11) is 5.34. The van der Waals surface area contributed by atoms with Crippen LogP contribution in [0.15, 0.2) is 104 Å². The van der Waals surface area contributed by atoms with Gasteiger partial charge in [-0.05, 0) is 79.7 Å². The van der Waals surface area contributed by atoms with Crippen molar-refractivity contribution in [2.75, 3.05) is 72.5 Å². The van der Waals surface area contributed by atoms with Gasteiger partial charge in [0.1, 0.15) is 42.3 Å². The summed E-state index contributed by atoms with van der Waals surface area (Å²) in [6.07, 6.45) is 4.96. The number of hydrogen-bond donors (Lipinski definition) is 16. The number of thioether (sulfide) groups is 1. The van der Waals surface area contributed by atoms with Crippen LogP contribution in [-0.4, -0.2) is 288 Å². The molecule has 0 radical (unpaired) electrons. The normalized spacial score (nSPS) is 23.2. The molecule has 6 aromatic rings. The molecule has 0 spiro atoms. The minimum Gasteiger partial charge on any atom is -0.394 e. The van der Waals surface area contributed by atoms with E-state index in [1.807, 2.05) is 13.8 Å². The number of rotatable bonds is 27. The van der Waals surface area contributed by atoms with Crippen molar-refractivity contribution in [2.24, 2.45) is 35.0 Å². The number of aromatic amines is 3. The van der Waals surface area contributed by atoms with Gasteiger partial charge in [0, 0.05) is 150 Å². The molecule has 131 heavy (non-hydrogen) atoms. The average Bonchev–Trinajstić information content (AvgIpc) is 1.77. The fourth-order valence-corrected chi connectivity index (χ4v) is 17.3. The second kappa shape index (κ2) is 50.9. The van der Waals surface area contributed by atoms with Crippen molar-refractivity contribution in [1.82, 2.24) is 87.0 Å². The van der Waals surface area contributed by atoms with Gasteiger partial charge >= 0.3 is 0 Å². The Hall–Kier alpha value is -12.9. The maximum absolute atomic E-state index is 15.7. The van der Waals surface area contributed by atoms with Gasteiger partial charge < -0.3 is 104 Å². The molecule has 0 bridgehead atoms. The highest BCUT2D eigenvalue weighted by atomic mass is 32.2. The number of carbonyl (C=O) groups excluding carboxylic acids is 17. The number of aromatic nitrogens is 4. The van der Waals surface area contributed by atoms with Gasteiger partial charge in [-0.15, -0.1) is 11.8 Å². The Balaban J connectivity index is 1.17. The number of imidazole rings is 1. The fraction of sp³-hybridized carbons (Fsp3) is 0.527. The molecule has 40 heteroatoms. The number of nitrogens with two attached hydrogens (primary N) is 3. The summed E-state index contributed by atoms with van der Waals surface area (Å²) in [5, 5.41) is 41.9. The Bertz CT molecular complexity index is 5000. The van der Waals surface area contributed by atoms with Crippen molar-refractivity contribution in [1.29, 1.82) is 5.41 Å². The highest BCUT2D eigenvalue weighted by Crippen LogP contribution is 2.29. The Kier molecular flexibility index (Phi) is 40.2. The molecular weight excluding hydrogens is 1710 g/mol. The predicted octanol–water partition coefficient (Wildman–Crippen LogP) is 0.888. The number of ketones is 3. The molecular formula is C91H127N21O18S. The molecule has 2 aliphatic heterocycles. The molecule has 2 saturated heterocycles. The lowest BCUT2D eigenvalue weighted by Gasteiger charge is -2.36. The van der Waals surface area contributed by atoms with Gasteiger partial charge in [0.25, 0.3) is 0 Å². The number of fused-ring (bicyclic) bond motifs is 3. The molecule has 3 aromatic carbocycles. The second-order valence-corrected chi connectivity index (χ2v) is 35.2. The Labute approximate surface area is 764 Å². The number of H-pyrrole nitrogens is 3. The Morgan fingerprint density at radius 2 is 1.09 bits per heavy atom. The van der Waals surface area contributed by atoms with Crippen molar-refractivity contribution >= 4 is 140 Å². The van der Waals surface area contributed by atoms with Crippen LogP contribution in [0.2, 0.25) is 0 Å². The number of benzene rings is 3. The lowest BCUT2D eigenvalue weighted by molar-refractivity contribution is -0.149. The lowest BCUT2D eigenvalue weighted by atomic mass is 9.90. The van der Waals surface area contributed by atoms with Crippen molar-refractivity contribution in [2.45, 2.75) is 217 Å².